The SMILES string of the molecule is O=C1COc2cc(OCC3CC3)cc(c2)C(=O)N[C@H]2CN(C(=O)COc3ccc(F)cc3F)C[C@@H]2Oc2ccc(cc2)CN1. The van der Waals surface area contributed by atoms with Crippen LogP contribution >= 0.6 is 0 Å². The van der Waals surface area contributed by atoms with Crippen molar-refractivity contribution in [3.8, 4) is 23.0 Å². The summed E-state index contributed by atoms with van der Waals surface area (Å²) in [5, 5.41) is 5.77. The summed E-state index contributed by atoms with van der Waals surface area (Å²) in [6.45, 7) is 0.276. The number of amides is 3. The topological polar surface area (TPSA) is 115 Å². The van der Waals surface area contributed by atoms with Crippen LogP contribution in [0.1, 0.15) is 28.8 Å². The van der Waals surface area contributed by atoms with Crippen LogP contribution in [-0.4, -0.2) is 67.7 Å². The second kappa shape index (κ2) is 12.8. The van der Waals surface area contributed by atoms with Crippen molar-refractivity contribution in [2.45, 2.75) is 31.5 Å². The van der Waals surface area contributed by atoms with E-state index in [2.05, 4.69) is 10.6 Å². The Balaban J connectivity index is 1.22. The maximum atomic E-state index is 14.0. The van der Waals surface area contributed by atoms with E-state index >= 15 is 0 Å². The predicted molar refractivity (Wildman–Crippen MR) is 153 cm³/mol. The highest BCUT2D eigenvalue weighted by Crippen LogP contribution is 2.31. The number of carbonyl (C=O) groups excluding carboxylic acids is 3. The van der Waals surface area contributed by atoms with Gasteiger partial charge in [0.05, 0.1) is 19.2 Å². The van der Waals surface area contributed by atoms with Crippen molar-refractivity contribution in [3.05, 3.63) is 83.4 Å². The highest BCUT2D eigenvalue weighted by Gasteiger charge is 2.38. The third kappa shape index (κ3) is 7.36. The first-order chi connectivity index (χ1) is 21.3. The smallest absolute Gasteiger partial charge is 0.260 e. The third-order valence-electron chi connectivity index (χ3n) is 7.58. The van der Waals surface area contributed by atoms with Crippen LogP contribution < -0.4 is 29.6 Å². The number of benzene rings is 3. The zero-order valence-electron chi connectivity index (χ0n) is 23.7. The monoisotopic (exact) mass is 607 g/mol. The number of nitrogens with one attached hydrogen (secondary N) is 2. The Hall–Kier alpha value is -4.87. The summed E-state index contributed by atoms with van der Waals surface area (Å²) in [5.74, 6) is -1.43. The molecular weight excluding hydrogens is 576 g/mol. The molecule has 3 heterocycles. The first kappa shape index (κ1) is 29.2. The minimum absolute atomic E-state index is 0.0994. The maximum Gasteiger partial charge on any atom is 0.260 e. The first-order valence-corrected chi connectivity index (χ1v) is 14.4. The van der Waals surface area contributed by atoms with Gasteiger partial charge < -0.3 is 34.5 Å². The highest BCUT2D eigenvalue weighted by molar-refractivity contribution is 5.95. The molecule has 3 aromatic rings. The molecule has 3 amide bonds. The van der Waals surface area contributed by atoms with Crippen molar-refractivity contribution in [3.63, 3.8) is 0 Å². The largest absolute Gasteiger partial charge is 0.493 e. The number of hydrogen-bond acceptors (Lipinski definition) is 7. The predicted octanol–water partition coefficient (Wildman–Crippen LogP) is 3.23. The summed E-state index contributed by atoms with van der Waals surface area (Å²) in [7, 11) is 0. The van der Waals surface area contributed by atoms with Gasteiger partial charge in [-0.15, -0.1) is 0 Å². The number of hydrogen-bond donors (Lipinski definition) is 2. The van der Waals surface area contributed by atoms with Crippen LogP contribution in [0.3, 0.4) is 0 Å². The zero-order chi connectivity index (χ0) is 30.6. The molecule has 10 nitrogen and oxygen atoms in total. The van der Waals surface area contributed by atoms with Gasteiger partial charge in [-0.25, -0.2) is 8.78 Å². The number of likely N-dealkylation sites (tertiary alicyclic amines) is 1. The van der Waals surface area contributed by atoms with E-state index in [9.17, 15) is 23.2 Å². The molecule has 1 saturated heterocycles. The van der Waals surface area contributed by atoms with Gasteiger partial charge in [-0.05, 0) is 60.7 Å². The summed E-state index contributed by atoms with van der Waals surface area (Å²) >= 11 is 0. The second-order valence-corrected chi connectivity index (χ2v) is 11.1. The highest BCUT2D eigenvalue weighted by atomic mass is 19.1. The normalized spacial score (nSPS) is 20.0. The minimum Gasteiger partial charge on any atom is -0.493 e. The average Bonchev–Trinajstić information content (AvgIpc) is 3.77. The van der Waals surface area contributed by atoms with Crippen molar-refractivity contribution in [2.75, 3.05) is 32.9 Å². The van der Waals surface area contributed by atoms with E-state index < -0.39 is 42.2 Å². The lowest BCUT2D eigenvalue weighted by atomic mass is 10.1. The van der Waals surface area contributed by atoms with Crippen molar-refractivity contribution < 1.29 is 42.1 Å². The third-order valence-corrected chi connectivity index (χ3v) is 7.58. The Morgan fingerprint density at radius 2 is 1.77 bits per heavy atom. The zero-order valence-corrected chi connectivity index (χ0v) is 23.7. The number of ether oxygens (including phenoxy) is 4. The number of nitrogens with zero attached hydrogens (tertiary/aromatic N) is 1. The Kier molecular flexibility index (Phi) is 8.49. The van der Waals surface area contributed by atoms with Crippen LogP contribution in [0.25, 0.3) is 0 Å². The fourth-order valence-corrected chi connectivity index (χ4v) is 4.94. The van der Waals surface area contributed by atoms with E-state index in [1.54, 1.807) is 36.4 Å². The quantitative estimate of drug-likeness (QED) is 0.442. The van der Waals surface area contributed by atoms with Crippen molar-refractivity contribution >= 4 is 17.7 Å². The molecule has 0 spiro atoms. The van der Waals surface area contributed by atoms with Gasteiger partial charge in [0.25, 0.3) is 17.7 Å². The van der Waals surface area contributed by atoms with E-state index in [0.29, 0.717) is 35.8 Å². The molecule has 0 aromatic heterocycles. The van der Waals surface area contributed by atoms with E-state index in [1.165, 1.54) is 11.0 Å². The van der Waals surface area contributed by atoms with Crippen LogP contribution in [0.2, 0.25) is 0 Å². The Labute approximate surface area is 252 Å². The molecule has 44 heavy (non-hydrogen) atoms. The molecule has 0 unspecified atom stereocenters. The molecule has 4 aliphatic rings. The minimum atomic E-state index is -0.917. The lowest BCUT2D eigenvalue weighted by Crippen LogP contribution is -2.45. The molecule has 3 aromatic carbocycles. The molecule has 230 valence electrons. The maximum absolute atomic E-state index is 14.0. The first-order valence-electron chi connectivity index (χ1n) is 14.4. The average molecular weight is 608 g/mol. The fourth-order valence-electron chi connectivity index (χ4n) is 4.94. The van der Waals surface area contributed by atoms with Gasteiger partial charge in [0.2, 0.25) is 0 Å². The van der Waals surface area contributed by atoms with Crippen LogP contribution in [-0.2, 0) is 16.1 Å². The second-order valence-electron chi connectivity index (χ2n) is 11.1. The van der Waals surface area contributed by atoms with E-state index in [-0.39, 0.29) is 43.5 Å². The molecule has 1 aliphatic carbocycles. The van der Waals surface area contributed by atoms with E-state index in [1.807, 2.05) is 0 Å². The molecule has 2 atom stereocenters. The Bertz CT molecular complexity index is 1550. The molecule has 2 N–H and O–H groups in total. The van der Waals surface area contributed by atoms with Gasteiger partial charge in [-0.1, -0.05) is 12.1 Å². The lowest BCUT2D eigenvalue weighted by molar-refractivity contribution is -0.132. The van der Waals surface area contributed by atoms with Crippen LogP contribution in [0.15, 0.2) is 60.7 Å². The van der Waals surface area contributed by atoms with Gasteiger partial charge >= 0.3 is 0 Å². The molecule has 12 heteroatoms. The molecular formula is C32H31F2N3O7. The Morgan fingerprint density at radius 1 is 0.955 bits per heavy atom. The van der Waals surface area contributed by atoms with E-state index in [0.717, 1.165) is 30.5 Å². The molecule has 0 radical (unpaired) electrons. The Morgan fingerprint density at radius 3 is 2.55 bits per heavy atom. The van der Waals surface area contributed by atoms with Crippen LogP contribution in [0, 0.1) is 17.6 Å². The van der Waals surface area contributed by atoms with Crippen LogP contribution in [0.4, 0.5) is 8.78 Å². The van der Waals surface area contributed by atoms with Crippen molar-refractivity contribution in [1.29, 1.82) is 0 Å². The standard InChI is InChI=1S/C32H31F2N3O7/c33-22-5-8-28(26(34)11-22)43-18-31(39)37-14-27-29(15-37)44-23-6-3-19(4-7-23)13-35-30(38)17-42-25-10-21(32(40)36-27)9-24(12-25)41-16-20-1-2-20/h3-12,20,27,29H,1-2,13-18H2,(H,35,38)(H,36,40)/t27-,29-/m0/s1. The van der Waals surface area contributed by atoms with Crippen molar-refractivity contribution in [2.24, 2.45) is 5.92 Å². The molecule has 7 rings (SSSR count). The number of carbonyl (C=O) groups is 3. The molecule has 2 fully saturated rings. The summed E-state index contributed by atoms with van der Waals surface area (Å²) in [5.41, 5.74) is 1.09. The number of halogens is 2. The van der Waals surface area contributed by atoms with Crippen LogP contribution in [0.5, 0.6) is 23.0 Å². The number of fused-ring (bicyclic) bond motifs is 7. The molecule has 4 bridgehead atoms. The van der Waals surface area contributed by atoms with Gasteiger partial charge in [-0.3, -0.25) is 14.4 Å². The summed E-state index contributed by atoms with van der Waals surface area (Å²) in [6, 6.07) is 14.1. The molecule has 1 saturated carbocycles. The summed E-state index contributed by atoms with van der Waals surface area (Å²) < 4.78 is 50.5. The van der Waals surface area contributed by atoms with E-state index in [4.69, 9.17) is 18.9 Å². The van der Waals surface area contributed by atoms with Crippen molar-refractivity contribution in [1.82, 2.24) is 15.5 Å². The summed E-state index contributed by atoms with van der Waals surface area (Å²) in [4.78, 5) is 40.5. The fraction of sp³-hybridized carbons (Fsp3) is 0.344. The van der Waals surface area contributed by atoms with Gasteiger partial charge in [-0.2, -0.15) is 0 Å². The van der Waals surface area contributed by atoms with Gasteiger partial charge in [0.15, 0.2) is 24.8 Å². The molecule has 3 aliphatic heterocycles. The number of rotatable bonds is 6. The van der Waals surface area contributed by atoms with Gasteiger partial charge in [0.1, 0.15) is 29.2 Å². The summed E-state index contributed by atoms with van der Waals surface area (Å²) in [6.07, 6.45) is 1.55. The van der Waals surface area contributed by atoms with Gasteiger partial charge in [0, 0.05) is 30.8 Å². The lowest BCUT2D eigenvalue weighted by Gasteiger charge is -2.21.